The van der Waals surface area contributed by atoms with Crippen LogP contribution in [0.2, 0.25) is 0 Å². The van der Waals surface area contributed by atoms with E-state index in [9.17, 15) is 0 Å². The number of nitrogens with zero attached hydrogens (tertiary/aromatic N) is 3. The second kappa shape index (κ2) is 7.40. The Balaban J connectivity index is 1.17. The molecule has 0 spiro atoms. The van der Waals surface area contributed by atoms with Crippen LogP contribution < -0.4 is 4.90 Å². The van der Waals surface area contributed by atoms with Crippen molar-refractivity contribution < 1.29 is 0 Å². The maximum atomic E-state index is 4.32. The molecule has 6 atom stereocenters. The minimum Gasteiger partial charge on any atom is -0.334 e. The smallest absolute Gasteiger partial charge is 0.0948 e. The molecule has 5 aliphatic rings. The molecule has 2 heterocycles. The molecule has 3 unspecified atom stereocenters. The highest BCUT2D eigenvalue weighted by Crippen LogP contribution is 2.66. The molecule has 33 heavy (non-hydrogen) atoms. The number of aromatic nitrogens is 2. The number of rotatable bonds is 2. The maximum Gasteiger partial charge on any atom is 0.0948 e. The molecular weight excluding hydrogens is 517 g/mol. The van der Waals surface area contributed by atoms with Gasteiger partial charge in [-0.3, -0.25) is 0 Å². The van der Waals surface area contributed by atoms with Crippen molar-refractivity contribution >= 4 is 30.6 Å². The third-order valence-electron chi connectivity index (χ3n) is 10.2. The zero-order chi connectivity index (χ0) is 22.2. The van der Waals surface area contributed by atoms with E-state index in [0.29, 0.717) is 16.9 Å². The van der Waals surface area contributed by atoms with Gasteiger partial charge in [-0.05, 0) is 80.2 Å². The topological polar surface area (TPSA) is 21.1 Å². The van der Waals surface area contributed by atoms with E-state index in [1.54, 1.807) is 14.8 Å². The first kappa shape index (κ1) is 20.7. The SMILES string of the molecule is C[C@]12CC[C@H](n3ccnc3)CC1=CCC1C2CC[C@]2(C)C(N3C=Ic4ccccc43)=CCC12. The Morgan fingerprint density at radius 3 is 2.76 bits per heavy atom. The molecule has 4 heteroatoms. The number of anilines is 1. The fourth-order valence-corrected chi connectivity index (χ4v) is 10.7. The van der Waals surface area contributed by atoms with Crippen molar-refractivity contribution in [3.63, 3.8) is 0 Å². The monoisotopic (exact) mass is 551 g/mol. The van der Waals surface area contributed by atoms with E-state index in [2.05, 4.69) is 75.0 Å². The number of allylic oxidation sites excluding steroid dienone is 4. The molecule has 3 nitrogen and oxygen atoms in total. The second-order valence-electron chi connectivity index (χ2n) is 11.5. The first-order valence-electron chi connectivity index (χ1n) is 12.8. The number of benzene rings is 1. The quantitative estimate of drug-likeness (QED) is 0.289. The Bertz CT molecular complexity index is 1180. The summed E-state index contributed by atoms with van der Waals surface area (Å²) >= 11 is 0.00403. The van der Waals surface area contributed by atoms with Crippen LogP contribution in [0.1, 0.15) is 64.8 Å². The fourth-order valence-electron chi connectivity index (χ4n) is 8.38. The van der Waals surface area contributed by atoms with Crippen LogP contribution in [-0.2, 0) is 0 Å². The number of halogens is 1. The molecule has 0 amide bonds. The molecule has 0 saturated heterocycles. The van der Waals surface area contributed by atoms with E-state index in [1.807, 2.05) is 12.5 Å². The van der Waals surface area contributed by atoms with E-state index >= 15 is 0 Å². The lowest BCUT2D eigenvalue weighted by atomic mass is 9.47. The third kappa shape index (κ3) is 2.91. The largest absolute Gasteiger partial charge is 0.334 e. The standard InChI is InChI=1S/C29H34IN3/c1-28-13-11-21(32-16-15-31-19-32)17-20(28)7-8-22-23-9-10-27(29(23,2)14-12-24(22)28)33-18-30-25-5-3-4-6-26(25)33/h3-7,10,15-16,18-19,21-24H,8-9,11-14,17H2,1-2H3/t21-,22?,23?,24?,28-,29-/m0/s1. The van der Waals surface area contributed by atoms with Gasteiger partial charge in [0.15, 0.2) is 0 Å². The summed E-state index contributed by atoms with van der Waals surface area (Å²) in [5.74, 6) is 2.49. The van der Waals surface area contributed by atoms with Gasteiger partial charge < -0.3 is 9.47 Å². The predicted octanol–water partition coefficient (Wildman–Crippen LogP) is 7.30. The van der Waals surface area contributed by atoms with Crippen molar-refractivity contribution in [1.82, 2.24) is 9.55 Å². The number of imidazole rings is 1. The zero-order valence-corrected chi connectivity index (χ0v) is 21.9. The minimum atomic E-state index is 0.00403. The Kier molecular flexibility index (Phi) is 4.64. The number of fused-ring (bicyclic) bond motifs is 6. The number of hydrogen-bond donors (Lipinski definition) is 0. The van der Waals surface area contributed by atoms with Gasteiger partial charge in [-0.2, -0.15) is 0 Å². The summed E-state index contributed by atoms with van der Waals surface area (Å²) in [5, 5.41) is 0. The lowest BCUT2D eigenvalue weighted by Gasteiger charge is -2.58. The van der Waals surface area contributed by atoms with Crippen molar-refractivity contribution in [2.24, 2.45) is 28.6 Å². The third-order valence-corrected chi connectivity index (χ3v) is 12.6. The van der Waals surface area contributed by atoms with Gasteiger partial charge in [0, 0.05) is 37.3 Å². The zero-order valence-electron chi connectivity index (χ0n) is 19.8. The first-order chi connectivity index (χ1) is 16.1. The lowest BCUT2D eigenvalue weighted by Crippen LogP contribution is -2.50. The summed E-state index contributed by atoms with van der Waals surface area (Å²) in [6, 6.07) is 9.72. The van der Waals surface area contributed by atoms with Crippen LogP contribution in [0.15, 0.2) is 66.4 Å². The Labute approximate surface area is 207 Å². The van der Waals surface area contributed by atoms with Crippen molar-refractivity contribution in [3.05, 3.63) is 70.0 Å². The highest BCUT2D eigenvalue weighted by Gasteiger charge is 2.57. The molecule has 172 valence electrons. The van der Waals surface area contributed by atoms with Gasteiger partial charge in [0.25, 0.3) is 0 Å². The molecule has 2 aromatic rings. The van der Waals surface area contributed by atoms with Crippen molar-refractivity contribution in [2.75, 3.05) is 4.90 Å². The predicted molar refractivity (Wildman–Crippen MR) is 144 cm³/mol. The highest BCUT2D eigenvalue weighted by atomic mass is 127. The van der Waals surface area contributed by atoms with Crippen LogP contribution in [-0.4, -0.2) is 13.7 Å². The van der Waals surface area contributed by atoms with E-state index in [-0.39, 0.29) is 20.7 Å². The molecule has 0 radical (unpaired) electrons. The molecule has 1 aromatic heterocycles. The Morgan fingerprint density at radius 1 is 1.00 bits per heavy atom. The molecular formula is C29H34IN3. The Hall–Kier alpha value is -1.69. The summed E-state index contributed by atoms with van der Waals surface area (Å²) in [6.45, 7) is 5.23. The average Bonchev–Trinajstić information content (AvgIpc) is 3.57. The molecule has 1 aromatic carbocycles. The van der Waals surface area contributed by atoms with Crippen molar-refractivity contribution in [1.29, 1.82) is 0 Å². The summed E-state index contributed by atoms with van der Waals surface area (Å²) in [7, 11) is 0. The normalized spacial score (nSPS) is 39.0. The number of para-hydroxylation sites is 1. The second-order valence-corrected chi connectivity index (χ2v) is 13.8. The minimum absolute atomic E-state index is 0.00403. The summed E-state index contributed by atoms with van der Waals surface area (Å²) < 4.78 is 6.49. The molecule has 1 aliphatic heterocycles. The first-order valence-corrected chi connectivity index (χ1v) is 15.1. The lowest BCUT2D eigenvalue weighted by molar-refractivity contribution is -0.0206. The van der Waals surface area contributed by atoms with Gasteiger partial charge in [0.2, 0.25) is 0 Å². The molecule has 2 fully saturated rings. The van der Waals surface area contributed by atoms with Gasteiger partial charge in [-0.25, -0.2) is 4.98 Å². The van der Waals surface area contributed by atoms with Gasteiger partial charge >= 0.3 is 0 Å². The van der Waals surface area contributed by atoms with Gasteiger partial charge in [-0.1, -0.05) is 64.4 Å². The van der Waals surface area contributed by atoms with Gasteiger partial charge in [-0.15, -0.1) is 0 Å². The molecule has 4 aliphatic carbocycles. The Morgan fingerprint density at radius 2 is 1.88 bits per heavy atom. The fraction of sp³-hybridized carbons (Fsp3) is 0.517. The van der Waals surface area contributed by atoms with E-state index in [4.69, 9.17) is 0 Å². The van der Waals surface area contributed by atoms with Crippen LogP contribution >= 0.6 is 20.7 Å². The summed E-state index contributed by atoms with van der Waals surface area (Å²) in [6.07, 6.45) is 20.6. The van der Waals surface area contributed by atoms with Crippen LogP contribution in [0, 0.1) is 32.2 Å². The van der Waals surface area contributed by atoms with Gasteiger partial charge in [0.1, 0.15) is 0 Å². The van der Waals surface area contributed by atoms with Gasteiger partial charge in [0.05, 0.1) is 12.0 Å². The molecule has 0 N–H and O–H groups in total. The van der Waals surface area contributed by atoms with Crippen LogP contribution in [0.4, 0.5) is 5.69 Å². The van der Waals surface area contributed by atoms with E-state index in [1.165, 1.54) is 50.6 Å². The van der Waals surface area contributed by atoms with Crippen LogP contribution in [0.3, 0.4) is 0 Å². The van der Waals surface area contributed by atoms with E-state index < -0.39 is 0 Å². The molecule has 7 rings (SSSR count). The van der Waals surface area contributed by atoms with Crippen LogP contribution in [0.5, 0.6) is 0 Å². The molecule has 0 bridgehead atoms. The van der Waals surface area contributed by atoms with Crippen LogP contribution in [0.25, 0.3) is 0 Å². The summed E-state index contributed by atoms with van der Waals surface area (Å²) in [4.78, 5) is 6.93. The van der Waals surface area contributed by atoms with E-state index in [0.717, 1.165) is 17.8 Å². The highest BCUT2D eigenvalue weighted by molar-refractivity contribution is 14.2. The molecule has 2 saturated carbocycles. The maximum absolute atomic E-state index is 4.32. The number of hydrogen-bond acceptors (Lipinski definition) is 2. The van der Waals surface area contributed by atoms with Crippen molar-refractivity contribution in [2.45, 2.75) is 64.8 Å². The average molecular weight is 552 g/mol. The van der Waals surface area contributed by atoms with Crippen molar-refractivity contribution in [3.8, 4) is 0 Å². The summed E-state index contributed by atoms with van der Waals surface area (Å²) in [5.41, 5.74) is 5.58.